The number of hydrogen-bond acceptors (Lipinski definition) is 8. The van der Waals surface area contributed by atoms with Gasteiger partial charge in [-0.1, -0.05) is 23.7 Å². The SMILES string of the molecule is COc1cc(Cl)ccc1NC(=O)COc1ccccc1C(=O)NNC(=O)c1nccnc1N. The number of para-hydroxylation sites is 1. The molecule has 0 bridgehead atoms. The maximum atomic E-state index is 12.5. The molecule has 0 aliphatic carbocycles. The zero-order valence-electron chi connectivity index (χ0n) is 17.3. The van der Waals surface area contributed by atoms with Gasteiger partial charge in [0.15, 0.2) is 18.1 Å². The maximum absolute atomic E-state index is 12.5. The van der Waals surface area contributed by atoms with E-state index in [2.05, 4.69) is 26.1 Å². The number of methoxy groups -OCH3 is 1. The molecule has 2 aromatic carbocycles. The third-order valence-corrected chi connectivity index (χ3v) is 4.39. The van der Waals surface area contributed by atoms with E-state index in [9.17, 15) is 14.4 Å². The number of anilines is 2. The molecule has 3 rings (SSSR count). The zero-order valence-corrected chi connectivity index (χ0v) is 18.1. The molecule has 0 atom stereocenters. The second-order valence-electron chi connectivity index (χ2n) is 6.38. The molecule has 0 unspecified atom stereocenters. The lowest BCUT2D eigenvalue weighted by molar-refractivity contribution is -0.118. The maximum Gasteiger partial charge on any atom is 0.292 e. The minimum absolute atomic E-state index is 0.0850. The van der Waals surface area contributed by atoms with Crippen LogP contribution >= 0.6 is 11.6 Å². The number of hydrazine groups is 1. The first-order chi connectivity index (χ1) is 15.9. The highest BCUT2D eigenvalue weighted by molar-refractivity contribution is 6.30. The van der Waals surface area contributed by atoms with Crippen molar-refractivity contribution in [2.45, 2.75) is 0 Å². The van der Waals surface area contributed by atoms with Crippen LogP contribution < -0.4 is 31.4 Å². The number of carbonyl (C=O) groups is 3. The smallest absolute Gasteiger partial charge is 0.292 e. The Labute approximate surface area is 193 Å². The summed E-state index contributed by atoms with van der Waals surface area (Å²) >= 11 is 5.91. The van der Waals surface area contributed by atoms with E-state index < -0.39 is 24.3 Å². The number of nitrogens with one attached hydrogen (secondary N) is 3. The monoisotopic (exact) mass is 470 g/mol. The normalized spacial score (nSPS) is 10.1. The van der Waals surface area contributed by atoms with Crippen molar-refractivity contribution in [1.29, 1.82) is 0 Å². The minimum atomic E-state index is -0.747. The fraction of sp³-hybridized carbons (Fsp3) is 0.0952. The van der Waals surface area contributed by atoms with E-state index >= 15 is 0 Å². The molecule has 3 aromatic rings. The van der Waals surface area contributed by atoms with Crippen molar-refractivity contribution in [2.75, 3.05) is 24.8 Å². The number of ether oxygens (including phenoxy) is 2. The molecule has 11 nitrogen and oxygen atoms in total. The average Bonchev–Trinajstić information content (AvgIpc) is 2.82. The van der Waals surface area contributed by atoms with Crippen LogP contribution in [0, 0.1) is 0 Å². The molecule has 5 N–H and O–H groups in total. The predicted octanol–water partition coefficient (Wildman–Crippen LogP) is 1.81. The number of amides is 3. The van der Waals surface area contributed by atoms with Crippen molar-refractivity contribution in [2.24, 2.45) is 0 Å². The number of nitrogens with two attached hydrogens (primary N) is 1. The Bertz CT molecular complexity index is 1190. The molecule has 0 fully saturated rings. The highest BCUT2D eigenvalue weighted by atomic mass is 35.5. The van der Waals surface area contributed by atoms with Crippen LogP contribution in [0.15, 0.2) is 54.9 Å². The van der Waals surface area contributed by atoms with Crippen LogP contribution in [0.2, 0.25) is 5.02 Å². The first-order valence-corrected chi connectivity index (χ1v) is 9.79. The molecule has 1 heterocycles. The van der Waals surface area contributed by atoms with Crippen molar-refractivity contribution in [3.8, 4) is 11.5 Å². The summed E-state index contributed by atoms with van der Waals surface area (Å²) in [5, 5.41) is 3.10. The third kappa shape index (κ3) is 6.08. The molecule has 1 aromatic heterocycles. The van der Waals surface area contributed by atoms with Crippen LogP contribution in [0.1, 0.15) is 20.8 Å². The molecule has 0 radical (unpaired) electrons. The quantitative estimate of drug-likeness (QED) is 0.380. The van der Waals surface area contributed by atoms with Crippen LogP contribution in [0.3, 0.4) is 0 Å². The summed E-state index contributed by atoms with van der Waals surface area (Å²) < 4.78 is 10.7. The van der Waals surface area contributed by atoms with E-state index in [1.165, 1.54) is 31.6 Å². The summed E-state index contributed by atoms with van der Waals surface area (Å²) in [7, 11) is 1.45. The Hall–Kier alpha value is -4.38. The van der Waals surface area contributed by atoms with Crippen LogP contribution in [0.5, 0.6) is 11.5 Å². The van der Waals surface area contributed by atoms with Gasteiger partial charge < -0.3 is 20.5 Å². The van der Waals surface area contributed by atoms with Gasteiger partial charge in [0.1, 0.15) is 11.5 Å². The molecular weight excluding hydrogens is 452 g/mol. The van der Waals surface area contributed by atoms with Crippen molar-refractivity contribution in [3.63, 3.8) is 0 Å². The van der Waals surface area contributed by atoms with Gasteiger partial charge in [-0.25, -0.2) is 9.97 Å². The summed E-state index contributed by atoms with van der Waals surface area (Å²) in [4.78, 5) is 44.6. The van der Waals surface area contributed by atoms with E-state index in [0.717, 1.165) is 0 Å². The predicted molar refractivity (Wildman–Crippen MR) is 120 cm³/mol. The first-order valence-electron chi connectivity index (χ1n) is 9.41. The lowest BCUT2D eigenvalue weighted by atomic mass is 10.2. The van der Waals surface area contributed by atoms with Gasteiger partial charge in [-0.05, 0) is 24.3 Å². The number of halogens is 1. The van der Waals surface area contributed by atoms with Gasteiger partial charge in [0, 0.05) is 23.5 Å². The van der Waals surface area contributed by atoms with Crippen molar-refractivity contribution >= 4 is 40.8 Å². The van der Waals surface area contributed by atoms with Gasteiger partial charge in [0.2, 0.25) is 0 Å². The molecule has 33 heavy (non-hydrogen) atoms. The van der Waals surface area contributed by atoms with Crippen molar-refractivity contribution in [1.82, 2.24) is 20.8 Å². The van der Waals surface area contributed by atoms with Gasteiger partial charge in [-0.15, -0.1) is 0 Å². The Morgan fingerprint density at radius 3 is 2.48 bits per heavy atom. The van der Waals surface area contributed by atoms with E-state index in [0.29, 0.717) is 16.5 Å². The molecule has 0 saturated carbocycles. The summed E-state index contributed by atoms with van der Waals surface area (Å²) in [6.07, 6.45) is 2.62. The van der Waals surface area contributed by atoms with Crippen LogP contribution in [-0.2, 0) is 4.79 Å². The van der Waals surface area contributed by atoms with Gasteiger partial charge in [-0.3, -0.25) is 25.2 Å². The second kappa shape index (κ2) is 10.8. The summed E-state index contributed by atoms with van der Waals surface area (Å²) in [5.74, 6) is -1.49. The Morgan fingerprint density at radius 2 is 1.73 bits per heavy atom. The Kier molecular flexibility index (Phi) is 7.60. The number of nitrogen functional groups attached to an aromatic ring is 1. The average molecular weight is 471 g/mol. The molecule has 3 amide bonds. The first kappa shape index (κ1) is 23.3. The minimum Gasteiger partial charge on any atom is -0.495 e. The largest absolute Gasteiger partial charge is 0.495 e. The highest BCUT2D eigenvalue weighted by Gasteiger charge is 2.17. The molecule has 0 aliphatic rings. The number of rotatable bonds is 7. The number of benzene rings is 2. The highest BCUT2D eigenvalue weighted by Crippen LogP contribution is 2.27. The fourth-order valence-corrected chi connectivity index (χ4v) is 2.80. The number of nitrogens with zero attached hydrogens (tertiary/aromatic N) is 2. The molecular formula is C21H19ClN6O5. The van der Waals surface area contributed by atoms with Crippen molar-refractivity contribution < 1.29 is 23.9 Å². The van der Waals surface area contributed by atoms with Gasteiger partial charge in [0.05, 0.1) is 18.4 Å². The molecule has 0 saturated heterocycles. The van der Waals surface area contributed by atoms with E-state index in [-0.39, 0.29) is 22.8 Å². The van der Waals surface area contributed by atoms with E-state index in [1.807, 2.05) is 0 Å². The molecule has 12 heteroatoms. The number of hydrogen-bond donors (Lipinski definition) is 4. The van der Waals surface area contributed by atoms with E-state index in [1.54, 1.807) is 30.3 Å². The Morgan fingerprint density at radius 1 is 1.00 bits per heavy atom. The lowest BCUT2D eigenvalue weighted by Crippen LogP contribution is -2.42. The molecule has 170 valence electrons. The van der Waals surface area contributed by atoms with E-state index in [4.69, 9.17) is 26.8 Å². The summed E-state index contributed by atoms with van der Waals surface area (Å²) in [6, 6.07) is 11.0. The third-order valence-electron chi connectivity index (χ3n) is 4.16. The molecule has 0 spiro atoms. The van der Waals surface area contributed by atoms with Crippen molar-refractivity contribution in [3.05, 3.63) is 71.1 Å². The lowest BCUT2D eigenvalue weighted by Gasteiger charge is -2.13. The number of aromatic nitrogens is 2. The summed E-state index contributed by atoms with van der Waals surface area (Å²) in [6.45, 7) is -0.390. The standard InChI is InChI=1S/C21H19ClN6O5/c1-32-16-10-12(22)6-7-14(16)26-17(29)11-33-15-5-3-2-4-13(15)20(30)27-28-21(31)18-19(23)25-9-8-24-18/h2-10H,11H2,1H3,(H2,23,25)(H,26,29)(H,27,30)(H,28,31). The van der Waals surface area contributed by atoms with Crippen LogP contribution in [0.25, 0.3) is 0 Å². The van der Waals surface area contributed by atoms with Crippen LogP contribution in [0.4, 0.5) is 11.5 Å². The van der Waals surface area contributed by atoms with Gasteiger partial charge in [0.25, 0.3) is 17.7 Å². The summed E-state index contributed by atoms with van der Waals surface area (Å²) in [5.41, 5.74) is 10.4. The zero-order chi connectivity index (χ0) is 23.8. The van der Waals surface area contributed by atoms with Gasteiger partial charge in [-0.2, -0.15) is 0 Å². The van der Waals surface area contributed by atoms with Gasteiger partial charge >= 0.3 is 0 Å². The van der Waals surface area contributed by atoms with Crippen LogP contribution in [-0.4, -0.2) is 41.4 Å². The number of carbonyl (C=O) groups excluding carboxylic acids is 3. The fourth-order valence-electron chi connectivity index (χ4n) is 2.64. The molecule has 0 aliphatic heterocycles. The topological polar surface area (TPSA) is 158 Å². The Balaban J connectivity index is 1.61. The second-order valence-corrected chi connectivity index (χ2v) is 6.81.